The van der Waals surface area contributed by atoms with Crippen LogP contribution in [0.4, 0.5) is 16.2 Å². The molecule has 15 heteroatoms. The first kappa shape index (κ1) is 38.5. The standard InChI is InChI=1S/C36H36Cl2N4O6S3/c1-22-12-13-31-29(18-22)41-35(51(45)21-30-24(3)34(46-4)23(2)20-39-30)42(31)36(44)48-15-17-50-49-16-14-47-32(43)19-25-8-5-6-11-28(25)40-33-26(37)9-7-10-27(33)38/h5-13,18,20,40H,14-17,19,21H2,1-4H3. The number of fused-ring (bicyclic) bond motifs is 1. The number of hydrogen-bond acceptors (Lipinski definition) is 11. The molecule has 0 fully saturated rings. The van der Waals surface area contributed by atoms with Crippen molar-refractivity contribution >= 4 is 90.1 Å². The molecule has 0 spiro atoms. The Balaban J connectivity index is 1.09. The summed E-state index contributed by atoms with van der Waals surface area (Å²) in [5.41, 5.74) is 6.29. The lowest BCUT2D eigenvalue weighted by Crippen LogP contribution is -2.19. The van der Waals surface area contributed by atoms with Gasteiger partial charge in [-0.25, -0.2) is 14.3 Å². The quantitative estimate of drug-likeness (QED) is 0.0622. The summed E-state index contributed by atoms with van der Waals surface area (Å²) >= 11 is 12.6. The number of halogens is 2. The van der Waals surface area contributed by atoms with Gasteiger partial charge >= 0.3 is 12.1 Å². The van der Waals surface area contributed by atoms with Gasteiger partial charge in [0.15, 0.2) is 0 Å². The number of anilines is 2. The van der Waals surface area contributed by atoms with Gasteiger partial charge in [0.2, 0.25) is 5.16 Å². The molecule has 5 rings (SSSR count). The highest BCUT2D eigenvalue weighted by Gasteiger charge is 2.24. The molecule has 10 nitrogen and oxygen atoms in total. The van der Waals surface area contributed by atoms with Crippen molar-refractivity contribution in [2.75, 3.05) is 37.1 Å². The predicted octanol–water partition coefficient (Wildman–Crippen LogP) is 8.88. The Kier molecular flexibility index (Phi) is 13.7. The number of hydrogen-bond donors (Lipinski definition) is 1. The third kappa shape index (κ3) is 9.78. The van der Waals surface area contributed by atoms with Crippen LogP contribution in [0.15, 0.2) is 72.0 Å². The third-order valence-electron chi connectivity index (χ3n) is 7.66. The van der Waals surface area contributed by atoms with Gasteiger partial charge in [-0.2, -0.15) is 0 Å². The average molecular weight is 788 g/mol. The zero-order valence-electron chi connectivity index (χ0n) is 28.4. The van der Waals surface area contributed by atoms with Crippen molar-refractivity contribution in [1.29, 1.82) is 0 Å². The number of methoxy groups -OCH3 is 1. The van der Waals surface area contributed by atoms with E-state index in [4.69, 9.17) is 37.4 Å². The van der Waals surface area contributed by atoms with Gasteiger partial charge < -0.3 is 19.5 Å². The van der Waals surface area contributed by atoms with Gasteiger partial charge in [-0.1, -0.05) is 75.1 Å². The highest BCUT2D eigenvalue weighted by molar-refractivity contribution is 8.76. The number of aromatic nitrogens is 3. The molecule has 1 N–H and O–H groups in total. The molecular formula is C36H36Cl2N4O6S3. The number of carbonyl (C=O) groups is 2. The van der Waals surface area contributed by atoms with Crippen molar-refractivity contribution in [3.05, 3.63) is 105 Å². The van der Waals surface area contributed by atoms with Gasteiger partial charge in [0, 0.05) is 34.5 Å². The maximum Gasteiger partial charge on any atom is 0.420 e. The van der Waals surface area contributed by atoms with Crippen molar-refractivity contribution < 1.29 is 28.0 Å². The van der Waals surface area contributed by atoms with Gasteiger partial charge in [0.1, 0.15) is 19.0 Å². The summed E-state index contributed by atoms with van der Waals surface area (Å²) in [6.45, 7) is 6.02. The van der Waals surface area contributed by atoms with Gasteiger partial charge in [-0.05, 0) is 62.2 Å². The normalized spacial score (nSPS) is 11.7. The predicted molar refractivity (Wildman–Crippen MR) is 207 cm³/mol. The van der Waals surface area contributed by atoms with E-state index in [0.717, 1.165) is 22.3 Å². The van der Waals surface area contributed by atoms with Crippen molar-refractivity contribution in [2.24, 2.45) is 0 Å². The molecule has 0 bridgehead atoms. The topological polar surface area (TPSA) is 122 Å². The summed E-state index contributed by atoms with van der Waals surface area (Å²) in [4.78, 5) is 35.0. The van der Waals surface area contributed by atoms with Crippen LogP contribution in [0.5, 0.6) is 5.75 Å². The van der Waals surface area contributed by atoms with E-state index in [-0.39, 0.29) is 36.5 Å². The molecule has 1 unspecified atom stereocenters. The smallest absolute Gasteiger partial charge is 0.420 e. The molecule has 1 atom stereocenters. The second kappa shape index (κ2) is 18.1. The molecule has 0 radical (unpaired) electrons. The van der Waals surface area contributed by atoms with Crippen molar-refractivity contribution in [3.8, 4) is 5.75 Å². The number of rotatable bonds is 15. The van der Waals surface area contributed by atoms with Crippen molar-refractivity contribution in [2.45, 2.75) is 38.1 Å². The second-order valence-corrected chi connectivity index (χ2v) is 16.2. The van der Waals surface area contributed by atoms with Crippen LogP contribution >= 0.6 is 44.8 Å². The van der Waals surface area contributed by atoms with E-state index in [0.29, 0.717) is 55.4 Å². The molecule has 268 valence electrons. The number of carbonyl (C=O) groups excluding carboxylic acids is 2. The van der Waals surface area contributed by atoms with Gasteiger partial charge in [0.05, 0.1) is 62.5 Å². The molecule has 2 heterocycles. The number of esters is 1. The zero-order chi connectivity index (χ0) is 36.5. The Bertz CT molecular complexity index is 2060. The lowest BCUT2D eigenvalue weighted by molar-refractivity contribution is -0.142. The van der Waals surface area contributed by atoms with Gasteiger partial charge in [0.25, 0.3) is 0 Å². The highest BCUT2D eigenvalue weighted by Crippen LogP contribution is 2.34. The monoisotopic (exact) mass is 786 g/mol. The Morgan fingerprint density at radius 1 is 0.941 bits per heavy atom. The fourth-order valence-electron chi connectivity index (χ4n) is 5.19. The summed E-state index contributed by atoms with van der Waals surface area (Å²) in [5, 5.41) is 4.26. The molecule has 0 saturated carbocycles. The Morgan fingerprint density at radius 2 is 1.65 bits per heavy atom. The SMILES string of the molecule is COc1c(C)cnc(CS(=O)c2nc3cc(C)ccc3n2C(=O)OCCSSCCOC(=O)Cc2ccccc2Nc2c(Cl)cccc2Cl)c1C. The first-order chi connectivity index (χ1) is 24.6. The van der Waals surface area contributed by atoms with E-state index < -0.39 is 16.9 Å². The van der Waals surface area contributed by atoms with E-state index >= 15 is 0 Å². The first-order valence-electron chi connectivity index (χ1n) is 15.8. The number of nitrogens with one attached hydrogen (secondary N) is 1. The largest absolute Gasteiger partial charge is 0.496 e. The summed E-state index contributed by atoms with van der Waals surface area (Å²) in [5.74, 6) is 1.41. The molecule has 51 heavy (non-hydrogen) atoms. The number of para-hydroxylation sites is 2. The van der Waals surface area contributed by atoms with Crippen molar-refractivity contribution in [1.82, 2.24) is 14.5 Å². The number of ether oxygens (including phenoxy) is 3. The summed E-state index contributed by atoms with van der Waals surface area (Å²) < 4.78 is 31.5. The minimum absolute atomic E-state index is 0.0515. The van der Waals surface area contributed by atoms with Crippen LogP contribution in [0.2, 0.25) is 10.0 Å². The lowest BCUT2D eigenvalue weighted by Gasteiger charge is -2.14. The minimum atomic E-state index is -1.71. The van der Waals surface area contributed by atoms with E-state index in [1.165, 1.54) is 26.2 Å². The van der Waals surface area contributed by atoms with Crippen LogP contribution in [0.3, 0.4) is 0 Å². The molecule has 0 aliphatic carbocycles. The van der Waals surface area contributed by atoms with Gasteiger partial charge in [-0.15, -0.1) is 0 Å². The molecule has 3 aromatic carbocycles. The molecular weight excluding hydrogens is 752 g/mol. The highest BCUT2D eigenvalue weighted by atomic mass is 35.5. The summed E-state index contributed by atoms with van der Waals surface area (Å²) in [6, 6.07) is 18.1. The molecule has 0 amide bonds. The fourth-order valence-corrected chi connectivity index (χ4v) is 8.58. The molecule has 0 aliphatic rings. The van der Waals surface area contributed by atoms with E-state index in [2.05, 4.69) is 15.3 Å². The van der Waals surface area contributed by atoms with E-state index in [9.17, 15) is 13.8 Å². The third-order valence-corrected chi connectivity index (χ3v) is 11.8. The Morgan fingerprint density at radius 3 is 2.37 bits per heavy atom. The molecule has 5 aromatic rings. The summed E-state index contributed by atoms with van der Waals surface area (Å²) in [6.07, 6.45) is 1.09. The van der Waals surface area contributed by atoms with Crippen LogP contribution in [-0.4, -0.2) is 62.6 Å². The second-order valence-electron chi connectivity index (χ2n) is 11.3. The zero-order valence-corrected chi connectivity index (χ0v) is 32.3. The molecule has 0 saturated heterocycles. The number of benzene rings is 3. The maximum absolute atomic E-state index is 13.7. The van der Waals surface area contributed by atoms with Crippen LogP contribution < -0.4 is 10.1 Å². The van der Waals surface area contributed by atoms with Crippen LogP contribution in [0.25, 0.3) is 11.0 Å². The Hall–Kier alpha value is -3.75. The van der Waals surface area contributed by atoms with Crippen LogP contribution in [0, 0.1) is 20.8 Å². The first-order valence-corrected chi connectivity index (χ1v) is 20.4. The van der Waals surface area contributed by atoms with E-state index in [1.807, 2.05) is 57.2 Å². The lowest BCUT2D eigenvalue weighted by atomic mass is 10.1. The fraction of sp³-hybridized carbons (Fsp3) is 0.278. The molecule has 0 aliphatic heterocycles. The Labute approximate surface area is 316 Å². The minimum Gasteiger partial charge on any atom is -0.496 e. The number of pyridine rings is 1. The van der Waals surface area contributed by atoms with Crippen LogP contribution in [-0.2, 0) is 37.2 Å². The molecule has 2 aromatic heterocycles. The van der Waals surface area contributed by atoms with Crippen LogP contribution in [0.1, 0.15) is 27.9 Å². The van der Waals surface area contributed by atoms with Gasteiger partial charge in [-0.3, -0.25) is 14.0 Å². The van der Waals surface area contributed by atoms with E-state index in [1.54, 1.807) is 37.6 Å². The average Bonchev–Trinajstić information content (AvgIpc) is 3.48. The van der Waals surface area contributed by atoms with Crippen molar-refractivity contribution in [3.63, 3.8) is 0 Å². The number of imidazole rings is 1. The maximum atomic E-state index is 13.7. The number of aryl methyl sites for hydroxylation is 2. The number of nitrogens with zero attached hydrogens (tertiary/aromatic N) is 3. The summed E-state index contributed by atoms with van der Waals surface area (Å²) in [7, 11) is 2.86.